The Kier molecular flexibility index (Phi) is 3.15. The molecule has 0 spiro atoms. The van der Waals surface area contributed by atoms with E-state index in [1.807, 2.05) is 29.7 Å². The van der Waals surface area contributed by atoms with Gasteiger partial charge >= 0.3 is 0 Å². The highest BCUT2D eigenvalue weighted by Gasteiger charge is 1.99. The van der Waals surface area contributed by atoms with Crippen LogP contribution in [-0.2, 0) is 0 Å². The Morgan fingerprint density at radius 1 is 1.42 bits per heavy atom. The number of benzene rings is 1. The molecule has 1 N–H and O–H groups in total. The molecular weight excluding hydrogens is 170 g/mol. The molecule has 0 bridgehead atoms. The summed E-state index contributed by atoms with van der Waals surface area (Å²) < 4.78 is 0. The number of hydrogen-bond donors (Lipinski definition) is 1. The molecule has 1 aromatic carbocycles. The van der Waals surface area contributed by atoms with Gasteiger partial charge in [-0.25, -0.2) is 0 Å². The molecule has 0 aromatic heterocycles. The highest BCUT2D eigenvalue weighted by atomic mass is 32.2. The van der Waals surface area contributed by atoms with E-state index in [2.05, 4.69) is 0 Å². The van der Waals surface area contributed by atoms with Crippen LogP contribution in [0.1, 0.15) is 18.6 Å². The minimum absolute atomic E-state index is 0.439. The summed E-state index contributed by atoms with van der Waals surface area (Å²) in [7, 11) is 0. The first-order valence-corrected chi connectivity index (χ1v) is 4.39. The van der Waals surface area contributed by atoms with Gasteiger partial charge in [0.05, 0.1) is 6.10 Å². The fourth-order valence-electron chi connectivity index (χ4n) is 0.867. The van der Waals surface area contributed by atoms with Crippen molar-refractivity contribution in [1.29, 1.82) is 5.26 Å². The van der Waals surface area contributed by atoms with Crippen LogP contribution in [0.15, 0.2) is 29.2 Å². The molecule has 0 saturated carbocycles. The molecule has 1 atom stereocenters. The zero-order valence-electron chi connectivity index (χ0n) is 6.69. The van der Waals surface area contributed by atoms with Crippen molar-refractivity contribution < 1.29 is 5.11 Å². The summed E-state index contributed by atoms with van der Waals surface area (Å²) in [6.45, 7) is 1.71. The van der Waals surface area contributed by atoms with Gasteiger partial charge < -0.3 is 5.11 Å². The predicted octanol–water partition coefficient (Wildman–Crippen LogP) is 2.31. The topological polar surface area (TPSA) is 44.0 Å². The smallest absolute Gasteiger partial charge is 0.138 e. The average molecular weight is 179 g/mol. The Labute approximate surface area is 75.8 Å². The third-order valence-corrected chi connectivity index (χ3v) is 2.13. The molecule has 1 rings (SSSR count). The Balaban J connectivity index is 2.80. The molecule has 62 valence electrons. The lowest BCUT2D eigenvalue weighted by Crippen LogP contribution is -1.89. The maximum absolute atomic E-state index is 9.17. The third kappa shape index (κ3) is 2.26. The molecule has 0 fully saturated rings. The zero-order valence-corrected chi connectivity index (χ0v) is 7.51. The number of nitrogens with zero attached hydrogens (tertiary/aromatic N) is 1. The number of nitriles is 1. The van der Waals surface area contributed by atoms with E-state index in [9.17, 15) is 5.11 Å². The van der Waals surface area contributed by atoms with Crippen LogP contribution in [0.3, 0.4) is 0 Å². The molecule has 0 radical (unpaired) electrons. The lowest BCUT2D eigenvalue weighted by atomic mass is 10.1. The molecule has 1 unspecified atom stereocenters. The Morgan fingerprint density at radius 2 is 2.00 bits per heavy atom. The molecule has 3 heteroatoms. The van der Waals surface area contributed by atoms with Crippen molar-refractivity contribution in [3.05, 3.63) is 29.8 Å². The predicted molar refractivity (Wildman–Crippen MR) is 48.5 cm³/mol. The maximum atomic E-state index is 9.17. The molecule has 0 aliphatic heterocycles. The van der Waals surface area contributed by atoms with Crippen molar-refractivity contribution in [3.63, 3.8) is 0 Å². The van der Waals surface area contributed by atoms with Crippen molar-refractivity contribution in [3.8, 4) is 5.40 Å². The second kappa shape index (κ2) is 4.15. The van der Waals surface area contributed by atoms with Crippen molar-refractivity contribution in [2.75, 3.05) is 0 Å². The van der Waals surface area contributed by atoms with Gasteiger partial charge in [0, 0.05) is 4.90 Å². The first-order valence-electron chi connectivity index (χ1n) is 3.58. The standard InChI is InChI=1S/C9H9NOS/c1-7(11)8-2-4-9(5-3-8)12-6-10/h2-5,7,11H,1H3. The van der Waals surface area contributed by atoms with Gasteiger partial charge in [0.15, 0.2) is 0 Å². The van der Waals surface area contributed by atoms with Crippen LogP contribution >= 0.6 is 11.8 Å². The van der Waals surface area contributed by atoms with E-state index in [4.69, 9.17) is 5.26 Å². The number of thiocyanates is 1. The Hall–Kier alpha value is -0.980. The van der Waals surface area contributed by atoms with E-state index in [1.165, 1.54) is 0 Å². The van der Waals surface area contributed by atoms with Crippen molar-refractivity contribution in [1.82, 2.24) is 0 Å². The number of hydrogen-bond acceptors (Lipinski definition) is 3. The molecule has 2 nitrogen and oxygen atoms in total. The minimum atomic E-state index is -0.439. The van der Waals surface area contributed by atoms with Crippen LogP contribution in [0.2, 0.25) is 0 Å². The molecular formula is C9H9NOS. The summed E-state index contributed by atoms with van der Waals surface area (Å²) in [4.78, 5) is 0.905. The first kappa shape index (κ1) is 9.11. The quantitative estimate of drug-likeness (QED) is 0.559. The first-order chi connectivity index (χ1) is 5.74. The minimum Gasteiger partial charge on any atom is -0.389 e. The van der Waals surface area contributed by atoms with Gasteiger partial charge in [-0.05, 0) is 36.4 Å². The van der Waals surface area contributed by atoms with Crippen molar-refractivity contribution in [2.24, 2.45) is 0 Å². The van der Waals surface area contributed by atoms with Crippen molar-refractivity contribution >= 4 is 11.8 Å². The maximum Gasteiger partial charge on any atom is 0.138 e. The number of thioether (sulfide) groups is 1. The summed E-state index contributed by atoms with van der Waals surface area (Å²) in [5, 5.41) is 19.5. The Morgan fingerprint density at radius 3 is 2.42 bits per heavy atom. The average Bonchev–Trinajstić information content (AvgIpc) is 2.06. The van der Waals surface area contributed by atoms with Gasteiger partial charge in [-0.3, -0.25) is 0 Å². The summed E-state index contributed by atoms with van der Waals surface area (Å²) in [5.74, 6) is 0. The van der Waals surface area contributed by atoms with E-state index in [-0.39, 0.29) is 0 Å². The van der Waals surface area contributed by atoms with Crippen LogP contribution in [0, 0.1) is 10.7 Å². The number of rotatable bonds is 2. The Bertz CT molecular complexity index is 286. The molecule has 0 amide bonds. The molecule has 12 heavy (non-hydrogen) atoms. The van der Waals surface area contributed by atoms with Gasteiger partial charge in [-0.2, -0.15) is 5.26 Å². The number of aliphatic hydroxyl groups is 1. The number of aliphatic hydroxyl groups excluding tert-OH is 1. The van der Waals surface area contributed by atoms with Crippen LogP contribution < -0.4 is 0 Å². The van der Waals surface area contributed by atoms with Crippen LogP contribution in [0.5, 0.6) is 0 Å². The van der Waals surface area contributed by atoms with Crippen LogP contribution in [0.25, 0.3) is 0 Å². The molecule has 0 saturated heterocycles. The largest absolute Gasteiger partial charge is 0.389 e. The molecule has 0 aliphatic rings. The van der Waals surface area contributed by atoms with Crippen LogP contribution in [0.4, 0.5) is 0 Å². The van der Waals surface area contributed by atoms with Gasteiger partial charge in [0.1, 0.15) is 5.40 Å². The fourth-order valence-corrected chi connectivity index (χ4v) is 1.24. The van der Waals surface area contributed by atoms with Gasteiger partial charge in [-0.1, -0.05) is 12.1 Å². The molecule has 1 aromatic rings. The van der Waals surface area contributed by atoms with Gasteiger partial charge in [-0.15, -0.1) is 0 Å². The highest BCUT2D eigenvalue weighted by molar-refractivity contribution is 8.03. The van der Waals surface area contributed by atoms with E-state index < -0.39 is 6.10 Å². The van der Waals surface area contributed by atoms with E-state index in [0.717, 1.165) is 22.2 Å². The second-order valence-corrected chi connectivity index (χ2v) is 3.30. The highest BCUT2D eigenvalue weighted by Crippen LogP contribution is 2.19. The lowest BCUT2D eigenvalue weighted by Gasteiger charge is -2.03. The second-order valence-electron chi connectivity index (χ2n) is 2.44. The lowest BCUT2D eigenvalue weighted by molar-refractivity contribution is 0.199. The van der Waals surface area contributed by atoms with Gasteiger partial charge in [0.25, 0.3) is 0 Å². The summed E-state index contributed by atoms with van der Waals surface area (Å²) in [6.07, 6.45) is -0.439. The molecule has 0 heterocycles. The normalized spacial score (nSPS) is 12.1. The summed E-state index contributed by atoms with van der Waals surface area (Å²) >= 11 is 1.12. The summed E-state index contributed by atoms with van der Waals surface area (Å²) in [6, 6.07) is 7.31. The molecule has 0 aliphatic carbocycles. The monoisotopic (exact) mass is 179 g/mol. The zero-order chi connectivity index (χ0) is 8.97. The van der Waals surface area contributed by atoms with Crippen molar-refractivity contribution in [2.45, 2.75) is 17.9 Å². The van der Waals surface area contributed by atoms with Crippen LogP contribution in [-0.4, -0.2) is 5.11 Å². The summed E-state index contributed by atoms with van der Waals surface area (Å²) in [5.41, 5.74) is 0.872. The van der Waals surface area contributed by atoms with E-state index in [1.54, 1.807) is 6.92 Å². The fraction of sp³-hybridized carbons (Fsp3) is 0.222. The van der Waals surface area contributed by atoms with E-state index >= 15 is 0 Å². The van der Waals surface area contributed by atoms with E-state index in [0.29, 0.717) is 0 Å². The van der Waals surface area contributed by atoms with Gasteiger partial charge in [0.2, 0.25) is 0 Å². The SMILES string of the molecule is CC(O)c1ccc(SC#N)cc1. The third-order valence-electron chi connectivity index (χ3n) is 1.53.